The number of ether oxygens (including phenoxy) is 3. The molecule has 0 bridgehead atoms. The normalized spacial score (nSPS) is 9.96. The molecule has 23 heavy (non-hydrogen) atoms. The van der Waals surface area contributed by atoms with Crippen LogP contribution >= 0.6 is 0 Å². The van der Waals surface area contributed by atoms with E-state index in [0.717, 1.165) is 36.1 Å². The van der Waals surface area contributed by atoms with Crippen LogP contribution in [0.1, 0.15) is 24.0 Å². The third-order valence-electron chi connectivity index (χ3n) is 3.60. The van der Waals surface area contributed by atoms with Gasteiger partial charge in [-0.1, -0.05) is 18.2 Å². The molecule has 4 heteroatoms. The fourth-order valence-corrected chi connectivity index (χ4v) is 2.36. The van der Waals surface area contributed by atoms with Crippen molar-refractivity contribution < 1.29 is 14.2 Å². The largest absolute Gasteiger partial charge is 0.493 e. The quantitative estimate of drug-likeness (QED) is 0.692. The third-order valence-corrected chi connectivity index (χ3v) is 3.60. The molecule has 2 rings (SSSR count). The van der Waals surface area contributed by atoms with E-state index in [4.69, 9.17) is 19.5 Å². The number of hydrogen-bond donors (Lipinski definition) is 0. The van der Waals surface area contributed by atoms with E-state index < -0.39 is 0 Å². The lowest BCUT2D eigenvalue weighted by Gasteiger charge is -2.11. The van der Waals surface area contributed by atoms with Crippen molar-refractivity contribution >= 4 is 0 Å². The van der Waals surface area contributed by atoms with Crippen LogP contribution in [0.15, 0.2) is 42.5 Å². The molecule has 0 amide bonds. The summed E-state index contributed by atoms with van der Waals surface area (Å²) in [5, 5.41) is 9.07. The second kappa shape index (κ2) is 8.70. The van der Waals surface area contributed by atoms with Crippen LogP contribution in [0.4, 0.5) is 0 Å². The minimum Gasteiger partial charge on any atom is -0.493 e. The third kappa shape index (κ3) is 4.65. The van der Waals surface area contributed by atoms with E-state index in [-0.39, 0.29) is 0 Å². The first kappa shape index (κ1) is 16.7. The molecular formula is C19H21NO3. The van der Waals surface area contributed by atoms with Crippen LogP contribution in [0.2, 0.25) is 0 Å². The molecule has 0 aliphatic rings. The highest BCUT2D eigenvalue weighted by Crippen LogP contribution is 2.30. The number of methoxy groups -OCH3 is 2. The Balaban J connectivity index is 1.79. The van der Waals surface area contributed by atoms with E-state index in [1.54, 1.807) is 14.2 Å². The molecule has 4 nitrogen and oxygen atoms in total. The van der Waals surface area contributed by atoms with Crippen LogP contribution in [-0.4, -0.2) is 20.8 Å². The molecule has 0 aliphatic heterocycles. The highest BCUT2D eigenvalue weighted by atomic mass is 16.5. The van der Waals surface area contributed by atoms with Crippen molar-refractivity contribution in [1.82, 2.24) is 0 Å². The Labute approximate surface area is 137 Å². The van der Waals surface area contributed by atoms with Crippen molar-refractivity contribution in [2.24, 2.45) is 0 Å². The van der Waals surface area contributed by atoms with Gasteiger partial charge in [0.1, 0.15) is 5.75 Å². The number of nitriles is 1. The zero-order valence-corrected chi connectivity index (χ0v) is 13.5. The number of hydrogen-bond acceptors (Lipinski definition) is 4. The zero-order chi connectivity index (χ0) is 16.5. The van der Waals surface area contributed by atoms with Crippen molar-refractivity contribution in [3.63, 3.8) is 0 Å². The molecule has 0 heterocycles. The Hall–Kier alpha value is -2.67. The molecule has 0 fully saturated rings. The van der Waals surface area contributed by atoms with E-state index in [1.807, 2.05) is 42.5 Å². The summed E-state index contributed by atoms with van der Waals surface area (Å²) in [6.07, 6.45) is 2.79. The van der Waals surface area contributed by atoms with Gasteiger partial charge in [-0.25, -0.2) is 0 Å². The monoisotopic (exact) mass is 311 g/mol. The van der Waals surface area contributed by atoms with Crippen LogP contribution in [0.25, 0.3) is 0 Å². The molecule has 120 valence electrons. The molecule has 0 aromatic heterocycles. The number of unbranched alkanes of at least 4 members (excludes halogenated alkanes) is 1. The van der Waals surface area contributed by atoms with Crippen LogP contribution < -0.4 is 14.2 Å². The number of nitrogens with zero attached hydrogens (tertiary/aromatic N) is 1. The molecule has 0 radical (unpaired) electrons. The smallest absolute Gasteiger partial charge is 0.164 e. The predicted octanol–water partition coefficient (Wildman–Crippen LogP) is 3.98. The Morgan fingerprint density at radius 1 is 0.957 bits per heavy atom. The van der Waals surface area contributed by atoms with Gasteiger partial charge in [0.2, 0.25) is 0 Å². The van der Waals surface area contributed by atoms with Crippen molar-refractivity contribution in [1.29, 1.82) is 5.26 Å². The maximum absolute atomic E-state index is 9.07. The first-order valence-corrected chi connectivity index (χ1v) is 7.61. The summed E-state index contributed by atoms with van der Waals surface area (Å²) in [7, 11) is 3.21. The minimum atomic E-state index is 0.629. The van der Waals surface area contributed by atoms with Crippen molar-refractivity contribution in [3.05, 3.63) is 53.6 Å². The lowest BCUT2D eigenvalue weighted by Crippen LogP contribution is -2.00. The molecule has 2 aromatic rings. The van der Waals surface area contributed by atoms with Gasteiger partial charge in [0.25, 0.3) is 0 Å². The van der Waals surface area contributed by atoms with E-state index in [1.165, 1.54) is 0 Å². The highest BCUT2D eigenvalue weighted by Gasteiger charge is 2.05. The Kier molecular flexibility index (Phi) is 6.31. The Morgan fingerprint density at radius 3 is 2.48 bits per heavy atom. The maximum Gasteiger partial charge on any atom is 0.164 e. The maximum atomic E-state index is 9.07. The van der Waals surface area contributed by atoms with Gasteiger partial charge in [-0.3, -0.25) is 0 Å². The van der Waals surface area contributed by atoms with Gasteiger partial charge in [0.05, 0.1) is 32.5 Å². The standard InChI is InChI=1S/C19H21NO3/c1-21-18-11-10-17(13-19(18)22-2)23-12-6-5-8-15-7-3-4-9-16(15)14-20/h3-4,7,9-11,13H,5-6,8,12H2,1-2H3. The van der Waals surface area contributed by atoms with Gasteiger partial charge in [-0.2, -0.15) is 5.26 Å². The molecule has 2 aromatic carbocycles. The lowest BCUT2D eigenvalue weighted by atomic mass is 10.0. The summed E-state index contributed by atoms with van der Waals surface area (Å²) >= 11 is 0. The Bertz CT molecular complexity index is 677. The summed E-state index contributed by atoms with van der Waals surface area (Å²) in [5.74, 6) is 2.11. The summed E-state index contributed by atoms with van der Waals surface area (Å²) in [6, 6.07) is 15.5. The summed E-state index contributed by atoms with van der Waals surface area (Å²) in [5.41, 5.74) is 1.86. The van der Waals surface area contributed by atoms with E-state index in [0.29, 0.717) is 18.1 Å². The van der Waals surface area contributed by atoms with Gasteiger partial charge in [0, 0.05) is 6.07 Å². The van der Waals surface area contributed by atoms with Crippen LogP contribution in [-0.2, 0) is 6.42 Å². The summed E-state index contributed by atoms with van der Waals surface area (Å²) < 4.78 is 16.2. The number of benzene rings is 2. The SMILES string of the molecule is COc1ccc(OCCCCc2ccccc2C#N)cc1OC. The lowest BCUT2D eigenvalue weighted by molar-refractivity contribution is 0.301. The van der Waals surface area contributed by atoms with Gasteiger partial charge < -0.3 is 14.2 Å². The summed E-state index contributed by atoms with van der Waals surface area (Å²) in [4.78, 5) is 0. The van der Waals surface area contributed by atoms with Crippen LogP contribution in [0.5, 0.6) is 17.2 Å². The fourth-order valence-electron chi connectivity index (χ4n) is 2.36. The molecule has 0 aliphatic carbocycles. The number of aryl methyl sites for hydroxylation is 1. The van der Waals surface area contributed by atoms with Gasteiger partial charge >= 0.3 is 0 Å². The molecule has 0 atom stereocenters. The average molecular weight is 311 g/mol. The van der Waals surface area contributed by atoms with Gasteiger partial charge in [0.15, 0.2) is 11.5 Å². The van der Waals surface area contributed by atoms with Gasteiger partial charge in [-0.05, 0) is 43.0 Å². The van der Waals surface area contributed by atoms with Crippen molar-refractivity contribution in [3.8, 4) is 23.3 Å². The van der Waals surface area contributed by atoms with Crippen LogP contribution in [0.3, 0.4) is 0 Å². The molecular weight excluding hydrogens is 290 g/mol. The average Bonchev–Trinajstić information content (AvgIpc) is 2.61. The summed E-state index contributed by atoms with van der Waals surface area (Å²) in [6.45, 7) is 0.629. The molecule has 0 N–H and O–H groups in total. The van der Waals surface area contributed by atoms with Crippen molar-refractivity contribution in [2.45, 2.75) is 19.3 Å². The molecule has 0 saturated carbocycles. The van der Waals surface area contributed by atoms with Gasteiger partial charge in [-0.15, -0.1) is 0 Å². The first-order chi connectivity index (χ1) is 11.3. The van der Waals surface area contributed by atoms with E-state index in [9.17, 15) is 0 Å². The Morgan fingerprint density at radius 2 is 1.74 bits per heavy atom. The predicted molar refractivity (Wildman–Crippen MR) is 89.1 cm³/mol. The number of rotatable bonds is 8. The van der Waals surface area contributed by atoms with Crippen molar-refractivity contribution in [2.75, 3.05) is 20.8 Å². The second-order valence-electron chi connectivity index (χ2n) is 5.09. The second-order valence-corrected chi connectivity index (χ2v) is 5.09. The molecule has 0 spiro atoms. The zero-order valence-electron chi connectivity index (χ0n) is 13.5. The topological polar surface area (TPSA) is 51.5 Å². The minimum absolute atomic E-state index is 0.629. The molecule has 0 saturated heterocycles. The highest BCUT2D eigenvalue weighted by molar-refractivity contribution is 5.45. The van der Waals surface area contributed by atoms with E-state index >= 15 is 0 Å². The first-order valence-electron chi connectivity index (χ1n) is 7.61. The van der Waals surface area contributed by atoms with E-state index in [2.05, 4.69) is 6.07 Å². The fraction of sp³-hybridized carbons (Fsp3) is 0.316. The molecule has 0 unspecified atom stereocenters. The van der Waals surface area contributed by atoms with Crippen LogP contribution in [0, 0.1) is 11.3 Å².